The van der Waals surface area contributed by atoms with Gasteiger partial charge in [0.2, 0.25) is 5.91 Å². The highest BCUT2D eigenvalue weighted by Gasteiger charge is 2.39. The fourth-order valence-electron chi connectivity index (χ4n) is 2.05. The third-order valence-electron chi connectivity index (χ3n) is 3.38. The first-order chi connectivity index (χ1) is 9.07. The number of rotatable bonds is 3. The Morgan fingerprint density at radius 2 is 2.26 bits per heavy atom. The number of hydrogen-bond donors (Lipinski definition) is 2. The summed E-state index contributed by atoms with van der Waals surface area (Å²) >= 11 is 9.26. The van der Waals surface area contributed by atoms with Crippen LogP contribution in [-0.4, -0.2) is 30.6 Å². The topological polar surface area (TPSA) is 77.2 Å². The van der Waals surface area contributed by atoms with Crippen LogP contribution in [0, 0.1) is 5.41 Å². The van der Waals surface area contributed by atoms with Crippen LogP contribution >= 0.6 is 27.5 Å². The molecule has 0 saturated carbocycles. The Bertz CT molecular complexity index is 478. The normalized spacial score (nSPS) is 18.1. The van der Waals surface area contributed by atoms with Gasteiger partial charge in [-0.3, -0.25) is 4.79 Å². The molecule has 0 aliphatic carbocycles. The van der Waals surface area contributed by atoms with E-state index in [9.17, 15) is 4.79 Å². The van der Waals surface area contributed by atoms with Crippen LogP contribution in [-0.2, 0) is 9.53 Å². The number of nitrogens with zero attached hydrogens (tertiary/aromatic N) is 1. The Kier molecular flexibility index (Phi) is 4.78. The minimum absolute atomic E-state index is 0.125. The molecule has 1 aliphatic rings. The maximum absolute atomic E-state index is 12.4. The monoisotopic (exact) mass is 347 g/mol. The number of carbonyl (C=O) groups excluding carboxylic acids is 1. The van der Waals surface area contributed by atoms with E-state index in [-0.39, 0.29) is 11.1 Å². The molecule has 2 heterocycles. The molecule has 1 aliphatic heterocycles. The molecule has 7 heteroatoms. The molecule has 19 heavy (non-hydrogen) atoms. The summed E-state index contributed by atoms with van der Waals surface area (Å²) in [7, 11) is 0. The van der Waals surface area contributed by atoms with Gasteiger partial charge in [0.15, 0.2) is 5.15 Å². The van der Waals surface area contributed by atoms with Crippen molar-refractivity contribution in [1.29, 1.82) is 0 Å². The maximum Gasteiger partial charge on any atom is 0.232 e. The van der Waals surface area contributed by atoms with Crippen molar-refractivity contribution >= 4 is 39.1 Å². The van der Waals surface area contributed by atoms with E-state index in [1.54, 1.807) is 12.3 Å². The quantitative estimate of drug-likeness (QED) is 0.821. The van der Waals surface area contributed by atoms with Gasteiger partial charge in [-0.2, -0.15) is 0 Å². The van der Waals surface area contributed by atoms with Crippen LogP contribution in [0.4, 0.5) is 5.69 Å². The van der Waals surface area contributed by atoms with Crippen molar-refractivity contribution in [2.24, 2.45) is 11.1 Å². The first-order valence-electron chi connectivity index (χ1n) is 5.98. The molecule has 0 radical (unpaired) electrons. The second-order valence-corrected chi connectivity index (χ2v) is 5.82. The molecule has 1 aromatic heterocycles. The lowest BCUT2D eigenvalue weighted by atomic mass is 9.79. The van der Waals surface area contributed by atoms with Gasteiger partial charge in [-0.1, -0.05) is 11.6 Å². The first-order valence-corrected chi connectivity index (χ1v) is 7.15. The van der Waals surface area contributed by atoms with Gasteiger partial charge in [0, 0.05) is 30.4 Å². The van der Waals surface area contributed by atoms with Crippen LogP contribution in [0.5, 0.6) is 0 Å². The largest absolute Gasteiger partial charge is 0.381 e. The molecule has 1 aromatic rings. The van der Waals surface area contributed by atoms with Gasteiger partial charge in [-0.05, 0) is 34.8 Å². The minimum atomic E-state index is -0.579. The number of nitrogens with one attached hydrogen (secondary N) is 1. The molecule has 0 aromatic carbocycles. The highest BCUT2D eigenvalue weighted by Crippen LogP contribution is 2.32. The standard InChI is InChI=1S/C12H15BrClN3O2/c13-8-5-9(10(14)16-6-8)17-11(18)12(7-15)1-3-19-4-2-12/h5-6H,1-4,7,15H2,(H,17,18). The average molecular weight is 349 g/mol. The lowest BCUT2D eigenvalue weighted by molar-refractivity contribution is -0.130. The molecule has 0 atom stereocenters. The summed E-state index contributed by atoms with van der Waals surface area (Å²) in [5.41, 5.74) is 5.69. The van der Waals surface area contributed by atoms with E-state index >= 15 is 0 Å². The van der Waals surface area contributed by atoms with E-state index in [4.69, 9.17) is 22.1 Å². The number of nitrogens with two attached hydrogens (primary N) is 1. The van der Waals surface area contributed by atoms with E-state index in [1.165, 1.54) is 0 Å². The number of hydrogen-bond acceptors (Lipinski definition) is 4. The smallest absolute Gasteiger partial charge is 0.232 e. The highest BCUT2D eigenvalue weighted by atomic mass is 79.9. The first kappa shape index (κ1) is 14.7. The molecule has 5 nitrogen and oxygen atoms in total. The SMILES string of the molecule is NCC1(C(=O)Nc2cc(Br)cnc2Cl)CCOCC1. The van der Waals surface area contributed by atoms with E-state index in [0.29, 0.717) is 38.3 Å². The van der Waals surface area contributed by atoms with Gasteiger partial charge in [-0.15, -0.1) is 0 Å². The van der Waals surface area contributed by atoms with Crippen molar-refractivity contribution in [1.82, 2.24) is 4.98 Å². The molecule has 104 valence electrons. The van der Waals surface area contributed by atoms with Crippen LogP contribution in [0.25, 0.3) is 0 Å². The Morgan fingerprint density at radius 3 is 2.89 bits per heavy atom. The number of aromatic nitrogens is 1. The number of amides is 1. The van der Waals surface area contributed by atoms with E-state index in [0.717, 1.165) is 4.47 Å². The summed E-state index contributed by atoms with van der Waals surface area (Å²) in [6.45, 7) is 1.39. The van der Waals surface area contributed by atoms with Crippen molar-refractivity contribution in [2.45, 2.75) is 12.8 Å². The third kappa shape index (κ3) is 3.25. The second-order valence-electron chi connectivity index (χ2n) is 4.54. The van der Waals surface area contributed by atoms with Crippen molar-refractivity contribution in [2.75, 3.05) is 25.1 Å². The van der Waals surface area contributed by atoms with Gasteiger partial charge in [-0.25, -0.2) is 4.98 Å². The van der Waals surface area contributed by atoms with Crippen molar-refractivity contribution in [3.05, 3.63) is 21.9 Å². The number of pyridine rings is 1. The Hall–Kier alpha value is -0.690. The van der Waals surface area contributed by atoms with E-state index in [2.05, 4.69) is 26.2 Å². The van der Waals surface area contributed by atoms with E-state index in [1.807, 2.05) is 0 Å². The van der Waals surface area contributed by atoms with Crippen molar-refractivity contribution in [3.8, 4) is 0 Å². The van der Waals surface area contributed by atoms with Crippen LogP contribution in [0.2, 0.25) is 5.15 Å². The number of ether oxygens (including phenoxy) is 1. The van der Waals surface area contributed by atoms with Crippen LogP contribution in [0.3, 0.4) is 0 Å². The van der Waals surface area contributed by atoms with Gasteiger partial charge in [0.05, 0.1) is 11.1 Å². The van der Waals surface area contributed by atoms with Gasteiger partial charge >= 0.3 is 0 Å². The minimum Gasteiger partial charge on any atom is -0.381 e. The van der Waals surface area contributed by atoms with Crippen LogP contribution in [0.1, 0.15) is 12.8 Å². The maximum atomic E-state index is 12.4. The van der Waals surface area contributed by atoms with Crippen molar-refractivity contribution < 1.29 is 9.53 Å². The molecule has 1 fully saturated rings. The number of halogens is 2. The Labute approximate surface area is 125 Å². The molecular weight excluding hydrogens is 334 g/mol. The molecule has 0 unspecified atom stereocenters. The van der Waals surface area contributed by atoms with Crippen molar-refractivity contribution in [3.63, 3.8) is 0 Å². The molecular formula is C12H15BrClN3O2. The zero-order valence-electron chi connectivity index (χ0n) is 10.3. The Balaban J connectivity index is 2.17. The summed E-state index contributed by atoms with van der Waals surface area (Å²) in [6.07, 6.45) is 2.81. The summed E-state index contributed by atoms with van der Waals surface area (Å²) in [5.74, 6) is -0.125. The molecule has 0 bridgehead atoms. The lowest BCUT2D eigenvalue weighted by Gasteiger charge is -2.34. The molecule has 1 amide bonds. The van der Waals surface area contributed by atoms with Gasteiger partial charge < -0.3 is 15.8 Å². The van der Waals surface area contributed by atoms with Gasteiger partial charge in [0.25, 0.3) is 0 Å². The molecule has 2 rings (SSSR count). The molecule has 0 spiro atoms. The zero-order valence-corrected chi connectivity index (χ0v) is 12.6. The Morgan fingerprint density at radius 1 is 1.58 bits per heavy atom. The highest BCUT2D eigenvalue weighted by molar-refractivity contribution is 9.10. The summed E-state index contributed by atoms with van der Waals surface area (Å²) in [5, 5.41) is 3.07. The third-order valence-corrected chi connectivity index (χ3v) is 4.11. The fourth-order valence-corrected chi connectivity index (χ4v) is 2.53. The second kappa shape index (κ2) is 6.17. The summed E-state index contributed by atoms with van der Waals surface area (Å²) in [6, 6.07) is 1.72. The van der Waals surface area contributed by atoms with Crippen LogP contribution < -0.4 is 11.1 Å². The predicted octanol–water partition coefficient (Wildman–Crippen LogP) is 2.19. The summed E-state index contributed by atoms with van der Waals surface area (Å²) in [4.78, 5) is 16.4. The average Bonchev–Trinajstić information content (AvgIpc) is 2.43. The van der Waals surface area contributed by atoms with Crippen LogP contribution in [0.15, 0.2) is 16.7 Å². The number of anilines is 1. The van der Waals surface area contributed by atoms with E-state index < -0.39 is 5.41 Å². The zero-order chi connectivity index (χ0) is 13.9. The fraction of sp³-hybridized carbons (Fsp3) is 0.500. The van der Waals surface area contributed by atoms with Gasteiger partial charge in [0.1, 0.15) is 0 Å². The number of carbonyl (C=O) groups is 1. The molecule has 3 N–H and O–H groups in total. The lowest BCUT2D eigenvalue weighted by Crippen LogP contribution is -2.46. The molecule has 1 saturated heterocycles. The predicted molar refractivity (Wildman–Crippen MR) is 77.1 cm³/mol. The summed E-state index contributed by atoms with van der Waals surface area (Å²) < 4.78 is 6.04.